The molecule has 2 rings (SSSR count). The lowest BCUT2D eigenvalue weighted by Crippen LogP contribution is -2.18. The fourth-order valence-corrected chi connectivity index (χ4v) is 1.36. The lowest BCUT2D eigenvalue weighted by molar-refractivity contribution is -0.119. The molecule has 0 radical (unpaired) electrons. The zero-order valence-electron chi connectivity index (χ0n) is 8.93. The van der Waals surface area contributed by atoms with Crippen LogP contribution in [0.25, 0.3) is 11.3 Å². The highest BCUT2D eigenvalue weighted by Crippen LogP contribution is 2.20. The fourth-order valence-electron chi connectivity index (χ4n) is 1.36. The van der Waals surface area contributed by atoms with Crippen LogP contribution in [0.3, 0.4) is 0 Å². The third kappa shape index (κ3) is 2.48. The van der Waals surface area contributed by atoms with E-state index in [-0.39, 0.29) is 5.91 Å². The standard InChI is InChI=1S/C12H12N2O2/c1-9(15)14-8-11-2-3-12(16-11)10-4-6-13-7-5-10/h2-7H,8H2,1H3,(H,14,15). The van der Waals surface area contributed by atoms with Gasteiger partial charge in [0.25, 0.3) is 0 Å². The maximum Gasteiger partial charge on any atom is 0.217 e. The van der Waals surface area contributed by atoms with Crippen molar-refractivity contribution in [1.82, 2.24) is 10.3 Å². The van der Waals surface area contributed by atoms with Crippen LogP contribution in [0.1, 0.15) is 12.7 Å². The molecule has 4 nitrogen and oxygen atoms in total. The number of nitrogens with one attached hydrogen (secondary N) is 1. The first-order valence-corrected chi connectivity index (χ1v) is 4.99. The molecule has 82 valence electrons. The average Bonchev–Trinajstić information content (AvgIpc) is 2.76. The minimum atomic E-state index is -0.0677. The van der Waals surface area contributed by atoms with Crippen molar-refractivity contribution in [3.8, 4) is 11.3 Å². The smallest absolute Gasteiger partial charge is 0.217 e. The molecule has 4 heteroatoms. The lowest BCUT2D eigenvalue weighted by atomic mass is 10.2. The van der Waals surface area contributed by atoms with Gasteiger partial charge in [0.2, 0.25) is 5.91 Å². The normalized spacial score (nSPS) is 10.1. The summed E-state index contributed by atoms with van der Waals surface area (Å²) in [6.07, 6.45) is 3.43. The van der Waals surface area contributed by atoms with E-state index < -0.39 is 0 Å². The number of aromatic nitrogens is 1. The van der Waals surface area contributed by atoms with Gasteiger partial charge in [-0.05, 0) is 24.3 Å². The highest BCUT2D eigenvalue weighted by Gasteiger charge is 2.04. The fraction of sp³-hybridized carbons (Fsp3) is 0.167. The molecule has 0 aliphatic rings. The van der Waals surface area contributed by atoms with E-state index in [1.54, 1.807) is 12.4 Å². The first-order chi connectivity index (χ1) is 7.75. The summed E-state index contributed by atoms with van der Waals surface area (Å²) in [6.45, 7) is 1.90. The Kier molecular flexibility index (Phi) is 3.00. The molecule has 0 aromatic carbocycles. The van der Waals surface area contributed by atoms with Gasteiger partial charge in [0.05, 0.1) is 6.54 Å². The van der Waals surface area contributed by atoms with Crippen LogP contribution in [0.5, 0.6) is 0 Å². The van der Waals surface area contributed by atoms with Crippen molar-refractivity contribution in [3.63, 3.8) is 0 Å². The molecular weight excluding hydrogens is 204 g/mol. The minimum Gasteiger partial charge on any atom is -0.459 e. The van der Waals surface area contributed by atoms with Crippen LogP contribution in [0.15, 0.2) is 41.1 Å². The van der Waals surface area contributed by atoms with Gasteiger partial charge in [-0.2, -0.15) is 0 Å². The lowest BCUT2D eigenvalue weighted by Gasteiger charge is -1.98. The Morgan fingerprint density at radius 2 is 2.06 bits per heavy atom. The van der Waals surface area contributed by atoms with Crippen LogP contribution in [-0.4, -0.2) is 10.9 Å². The summed E-state index contributed by atoms with van der Waals surface area (Å²) in [5, 5.41) is 2.68. The van der Waals surface area contributed by atoms with Gasteiger partial charge in [-0.15, -0.1) is 0 Å². The van der Waals surface area contributed by atoms with Crippen molar-refractivity contribution >= 4 is 5.91 Å². The molecule has 0 saturated carbocycles. The number of hydrogen-bond acceptors (Lipinski definition) is 3. The second-order valence-electron chi connectivity index (χ2n) is 3.41. The molecule has 0 spiro atoms. The Morgan fingerprint density at radius 3 is 2.75 bits per heavy atom. The second kappa shape index (κ2) is 4.61. The van der Waals surface area contributed by atoms with E-state index in [0.29, 0.717) is 6.54 Å². The third-order valence-electron chi connectivity index (χ3n) is 2.14. The predicted octanol–water partition coefficient (Wildman–Crippen LogP) is 1.98. The number of carbonyl (C=O) groups excluding carboxylic acids is 1. The molecule has 2 heterocycles. The predicted molar refractivity (Wildman–Crippen MR) is 59.5 cm³/mol. The van der Waals surface area contributed by atoms with Gasteiger partial charge in [0.15, 0.2) is 0 Å². The Bertz CT molecular complexity index is 477. The van der Waals surface area contributed by atoms with E-state index in [0.717, 1.165) is 17.1 Å². The third-order valence-corrected chi connectivity index (χ3v) is 2.14. The largest absolute Gasteiger partial charge is 0.459 e. The minimum absolute atomic E-state index is 0.0677. The van der Waals surface area contributed by atoms with Gasteiger partial charge in [0, 0.05) is 24.9 Å². The second-order valence-corrected chi connectivity index (χ2v) is 3.41. The van der Waals surface area contributed by atoms with Crippen molar-refractivity contribution in [3.05, 3.63) is 42.4 Å². The number of rotatable bonds is 3. The van der Waals surface area contributed by atoms with E-state index in [1.165, 1.54) is 6.92 Å². The average molecular weight is 216 g/mol. The van der Waals surface area contributed by atoms with Crippen LogP contribution in [0.2, 0.25) is 0 Å². The monoisotopic (exact) mass is 216 g/mol. The van der Waals surface area contributed by atoms with Crippen LogP contribution in [-0.2, 0) is 11.3 Å². The summed E-state index contributed by atoms with van der Waals surface area (Å²) in [5.41, 5.74) is 0.976. The van der Waals surface area contributed by atoms with Gasteiger partial charge in [-0.1, -0.05) is 0 Å². The van der Waals surface area contributed by atoms with E-state index in [4.69, 9.17) is 4.42 Å². The molecule has 2 aromatic heterocycles. The highest BCUT2D eigenvalue weighted by atomic mass is 16.3. The van der Waals surface area contributed by atoms with Gasteiger partial charge in [-0.3, -0.25) is 9.78 Å². The highest BCUT2D eigenvalue weighted by molar-refractivity contribution is 5.72. The Hall–Kier alpha value is -2.10. The molecule has 0 aliphatic heterocycles. The molecule has 2 aromatic rings. The topological polar surface area (TPSA) is 55.1 Å². The molecule has 0 bridgehead atoms. The van der Waals surface area contributed by atoms with Crippen molar-refractivity contribution in [2.75, 3.05) is 0 Å². The van der Waals surface area contributed by atoms with E-state index in [9.17, 15) is 4.79 Å². The zero-order valence-corrected chi connectivity index (χ0v) is 8.93. The molecule has 1 N–H and O–H groups in total. The summed E-state index contributed by atoms with van der Waals surface area (Å²) < 4.78 is 5.58. The number of furan rings is 1. The number of nitrogens with zero attached hydrogens (tertiary/aromatic N) is 1. The Morgan fingerprint density at radius 1 is 1.31 bits per heavy atom. The molecular formula is C12H12N2O2. The molecule has 0 aliphatic carbocycles. The summed E-state index contributed by atoms with van der Waals surface area (Å²) in [4.78, 5) is 14.7. The quantitative estimate of drug-likeness (QED) is 0.853. The van der Waals surface area contributed by atoms with Crippen molar-refractivity contribution in [2.24, 2.45) is 0 Å². The molecule has 16 heavy (non-hydrogen) atoms. The first kappa shape index (κ1) is 10.4. The van der Waals surface area contributed by atoms with Gasteiger partial charge in [-0.25, -0.2) is 0 Å². The maximum absolute atomic E-state index is 10.7. The molecule has 0 unspecified atom stereocenters. The van der Waals surface area contributed by atoms with Crippen molar-refractivity contribution in [1.29, 1.82) is 0 Å². The van der Waals surface area contributed by atoms with Crippen molar-refractivity contribution in [2.45, 2.75) is 13.5 Å². The molecule has 0 fully saturated rings. The number of carbonyl (C=O) groups is 1. The van der Waals surface area contributed by atoms with E-state index in [2.05, 4.69) is 10.3 Å². The van der Waals surface area contributed by atoms with Gasteiger partial charge < -0.3 is 9.73 Å². The Balaban J connectivity index is 2.11. The number of amides is 1. The summed E-state index contributed by atoms with van der Waals surface area (Å²) in [6, 6.07) is 7.49. The Labute approximate surface area is 93.3 Å². The van der Waals surface area contributed by atoms with Crippen LogP contribution < -0.4 is 5.32 Å². The summed E-state index contributed by atoms with van der Waals surface area (Å²) >= 11 is 0. The van der Waals surface area contributed by atoms with Gasteiger partial charge >= 0.3 is 0 Å². The van der Waals surface area contributed by atoms with Crippen LogP contribution in [0.4, 0.5) is 0 Å². The molecule has 1 amide bonds. The maximum atomic E-state index is 10.7. The van der Waals surface area contributed by atoms with Crippen LogP contribution >= 0.6 is 0 Å². The summed E-state index contributed by atoms with van der Waals surface area (Å²) in [5.74, 6) is 1.45. The van der Waals surface area contributed by atoms with Crippen molar-refractivity contribution < 1.29 is 9.21 Å². The SMILES string of the molecule is CC(=O)NCc1ccc(-c2ccncc2)o1. The number of hydrogen-bond donors (Lipinski definition) is 1. The van der Waals surface area contributed by atoms with Crippen LogP contribution in [0, 0.1) is 0 Å². The summed E-state index contributed by atoms with van der Waals surface area (Å²) in [7, 11) is 0. The molecule has 0 saturated heterocycles. The number of pyridine rings is 1. The van der Waals surface area contributed by atoms with E-state index in [1.807, 2.05) is 24.3 Å². The first-order valence-electron chi connectivity index (χ1n) is 4.99. The zero-order chi connectivity index (χ0) is 11.4. The van der Waals surface area contributed by atoms with Gasteiger partial charge in [0.1, 0.15) is 11.5 Å². The molecule has 0 atom stereocenters. The van der Waals surface area contributed by atoms with E-state index >= 15 is 0 Å².